The van der Waals surface area contributed by atoms with E-state index in [0.717, 1.165) is 53.4 Å². The first kappa shape index (κ1) is 24.8. The average molecular weight is 474 g/mol. The Bertz CT molecular complexity index is 1120. The number of ether oxygens (including phenoxy) is 3. The van der Waals surface area contributed by atoms with Crippen LogP contribution in [0, 0.1) is 0 Å². The van der Waals surface area contributed by atoms with Crippen LogP contribution in [0.4, 0.5) is 0 Å². The molecule has 0 saturated heterocycles. The van der Waals surface area contributed by atoms with Crippen molar-refractivity contribution in [2.45, 2.75) is 33.3 Å². The lowest BCUT2D eigenvalue weighted by Crippen LogP contribution is -2.35. The predicted molar refractivity (Wildman–Crippen MR) is 141 cm³/mol. The van der Waals surface area contributed by atoms with Gasteiger partial charge in [0.25, 0.3) is 0 Å². The molecular weight excluding hydrogens is 438 g/mol. The summed E-state index contributed by atoms with van der Waals surface area (Å²) in [5.74, 6) is 2.32. The second-order valence-corrected chi connectivity index (χ2v) is 8.62. The number of allylic oxidation sites excluding steroid dienone is 1. The quantitative estimate of drug-likeness (QED) is 0.353. The van der Waals surface area contributed by atoms with Crippen LogP contribution in [0.25, 0.3) is 11.1 Å². The number of aliphatic hydroxyl groups is 1. The lowest BCUT2D eigenvalue weighted by molar-refractivity contribution is 0.0716. The van der Waals surface area contributed by atoms with Gasteiger partial charge in [-0.05, 0) is 71.6 Å². The number of aliphatic hydroxyl groups excluding tert-OH is 1. The summed E-state index contributed by atoms with van der Waals surface area (Å²) < 4.78 is 17.0. The van der Waals surface area contributed by atoms with E-state index in [9.17, 15) is 5.11 Å². The van der Waals surface area contributed by atoms with Crippen molar-refractivity contribution in [1.82, 2.24) is 4.90 Å². The molecule has 1 unspecified atom stereocenters. The van der Waals surface area contributed by atoms with Crippen molar-refractivity contribution in [3.63, 3.8) is 0 Å². The van der Waals surface area contributed by atoms with Crippen LogP contribution in [0.2, 0.25) is 0 Å². The van der Waals surface area contributed by atoms with Crippen molar-refractivity contribution in [2.75, 3.05) is 33.0 Å². The Morgan fingerprint density at radius 1 is 0.857 bits per heavy atom. The Morgan fingerprint density at radius 2 is 1.51 bits per heavy atom. The first-order valence-corrected chi connectivity index (χ1v) is 12.4. The molecule has 35 heavy (non-hydrogen) atoms. The topological polar surface area (TPSA) is 51.2 Å². The zero-order valence-corrected chi connectivity index (χ0v) is 20.9. The van der Waals surface area contributed by atoms with Gasteiger partial charge in [0.15, 0.2) is 11.5 Å². The summed E-state index contributed by atoms with van der Waals surface area (Å²) in [4.78, 5) is 2.19. The highest BCUT2D eigenvalue weighted by Gasteiger charge is 2.18. The highest BCUT2D eigenvalue weighted by molar-refractivity contribution is 5.98. The fraction of sp³-hybridized carbons (Fsp3) is 0.333. The lowest BCUT2D eigenvalue weighted by atomic mass is 9.88. The molecule has 0 saturated carbocycles. The molecule has 0 aliphatic carbocycles. The van der Waals surface area contributed by atoms with Gasteiger partial charge in [-0.1, -0.05) is 69.3 Å². The van der Waals surface area contributed by atoms with Crippen LogP contribution in [-0.4, -0.2) is 49.1 Å². The summed E-state index contributed by atoms with van der Waals surface area (Å²) >= 11 is 0. The molecule has 5 heteroatoms. The summed E-state index contributed by atoms with van der Waals surface area (Å²) in [5, 5.41) is 10.3. The monoisotopic (exact) mass is 473 g/mol. The normalized spacial score (nSPS) is 14.1. The van der Waals surface area contributed by atoms with Crippen molar-refractivity contribution in [3.05, 3.63) is 89.5 Å². The van der Waals surface area contributed by atoms with Gasteiger partial charge >= 0.3 is 0 Å². The van der Waals surface area contributed by atoms with Gasteiger partial charge in [-0.15, -0.1) is 0 Å². The van der Waals surface area contributed by atoms with Gasteiger partial charge in [0.1, 0.15) is 18.5 Å². The van der Waals surface area contributed by atoms with Gasteiger partial charge < -0.3 is 24.2 Å². The number of likely N-dealkylation sites (N-methyl/N-ethyl adjacent to an activating group) is 1. The Labute approximate surface area is 208 Å². The smallest absolute Gasteiger partial charge is 0.231 e. The number of hydrogen-bond acceptors (Lipinski definition) is 5. The second-order valence-electron chi connectivity index (χ2n) is 8.62. The number of rotatable bonds is 11. The molecule has 3 aromatic rings. The van der Waals surface area contributed by atoms with Gasteiger partial charge in [-0.2, -0.15) is 0 Å². The van der Waals surface area contributed by atoms with Crippen LogP contribution in [0.1, 0.15) is 43.9 Å². The minimum absolute atomic E-state index is 0.264. The molecule has 0 spiro atoms. The van der Waals surface area contributed by atoms with Crippen LogP contribution in [0.3, 0.4) is 0 Å². The van der Waals surface area contributed by atoms with Crippen LogP contribution < -0.4 is 14.2 Å². The molecule has 1 aliphatic rings. The minimum Gasteiger partial charge on any atom is -0.491 e. The zero-order chi connectivity index (χ0) is 24.6. The fourth-order valence-corrected chi connectivity index (χ4v) is 4.47. The molecule has 0 bridgehead atoms. The maximum Gasteiger partial charge on any atom is 0.231 e. The minimum atomic E-state index is -0.521. The first-order chi connectivity index (χ1) is 17.1. The summed E-state index contributed by atoms with van der Waals surface area (Å²) in [6.07, 6.45) is 0.340. The van der Waals surface area contributed by atoms with Crippen molar-refractivity contribution in [3.8, 4) is 17.2 Å². The summed E-state index contributed by atoms with van der Waals surface area (Å²) in [6, 6.07) is 24.8. The third kappa shape index (κ3) is 6.05. The van der Waals surface area contributed by atoms with E-state index in [-0.39, 0.29) is 13.4 Å². The van der Waals surface area contributed by atoms with E-state index in [1.54, 1.807) is 0 Å². The van der Waals surface area contributed by atoms with E-state index in [2.05, 4.69) is 74.2 Å². The molecule has 1 heterocycles. The average Bonchev–Trinajstić information content (AvgIpc) is 3.38. The predicted octanol–water partition coefficient (Wildman–Crippen LogP) is 5.87. The molecule has 0 fully saturated rings. The van der Waals surface area contributed by atoms with E-state index in [4.69, 9.17) is 14.2 Å². The van der Waals surface area contributed by atoms with Crippen LogP contribution >= 0.6 is 0 Å². The Morgan fingerprint density at radius 3 is 2.20 bits per heavy atom. The van der Waals surface area contributed by atoms with Gasteiger partial charge in [-0.25, -0.2) is 0 Å². The third-order valence-electron chi connectivity index (χ3n) is 6.39. The fourth-order valence-electron chi connectivity index (χ4n) is 4.47. The standard InChI is InChI=1S/C30H35NO4/c1-4-27(24-14-17-28-29(18-24)35-21-34-28)30(22-10-8-7-9-11-22)23-12-15-26(16-13-23)33-20-25(32)19-31(5-2)6-3/h7-18,25,32H,4-6,19-21H2,1-3H3. The third-order valence-corrected chi connectivity index (χ3v) is 6.39. The maximum absolute atomic E-state index is 10.3. The van der Waals surface area contributed by atoms with Crippen molar-refractivity contribution in [1.29, 1.82) is 0 Å². The molecule has 1 N–H and O–H groups in total. The largest absolute Gasteiger partial charge is 0.491 e. The van der Waals surface area contributed by atoms with Crippen molar-refractivity contribution in [2.24, 2.45) is 0 Å². The lowest BCUT2D eigenvalue weighted by Gasteiger charge is -2.22. The number of fused-ring (bicyclic) bond motifs is 1. The van der Waals surface area contributed by atoms with E-state index in [0.29, 0.717) is 6.54 Å². The van der Waals surface area contributed by atoms with Gasteiger partial charge in [0.05, 0.1) is 0 Å². The first-order valence-electron chi connectivity index (χ1n) is 12.4. The Balaban J connectivity index is 1.61. The Hall–Kier alpha value is -3.28. The van der Waals surface area contributed by atoms with Gasteiger partial charge in [-0.3, -0.25) is 0 Å². The maximum atomic E-state index is 10.3. The molecule has 0 aromatic heterocycles. The molecule has 0 radical (unpaired) electrons. The second kappa shape index (κ2) is 11.9. The molecule has 4 rings (SSSR count). The molecule has 184 valence electrons. The molecule has 3 aromatic carbocycles. The Kier molecular flexibility index (Phi) is 8.45. The molecule has 0 amide bonds. The molecule has 1 aliphatic heterocycles. The molecule has 5 nitrogen and oxygen atoms in total. The van der Waals surface area contributed by atoms with Gasteiger partial charge in [0, 0.05) is 6.54 Å². The zero-order valence-electron chi connectivity index (χ0n) is 20.9. The highest BCUT2D eigenvalue weighted by atomic mass is 16.7. The van der Waals surface area contributed by atoms with E-state index >= 15 is 0 Å². The number of nitrogens with zero attached hydrogens (tertiary/aromatic N) is 1. The van der Waals surface area contributed by atoms with Crippen molar-refractivity contribution >= 4 is 11.1 Å². The SMILES string of the molecule is CCC(=C(c1ccccc1)c1ccc(OCC(O)CN(CC)CC)cc1)c1ccc2c(c1)OCO2. The van der Waals surface area contributed by atoms with E-state index < -0.39 is 6.10 Å². The molecule has 1 atom stereocenters. The van der Waals surface area contributed by atoms with E-state index in [1.807, 2.05) is 24.3 Å². The van der Waals surface area contributed by atoms with Gasteiger partial charge in [0.2, 0.25) is 6.79 Å². The summed E-state index contributed by atoms with van der Waals surface area (Å²) in [6.45, 7) is 9.36. The van der Waals surface area contributed by atoms with Crippen LogP contribution in [-0.2, 0) is 0 Å². The van der Waals surface area contributed by atoms with Crippen molar-refractivity contribution < 1.29 is 19.3 Å². The summed E-state index contributed by atoms with van der Waals surface area (Å²) in [7, 11) is 0. The highest BCUT2D eigenvalue weighted by Crippen LogP contribution is 2.39. The van der Waals surface area contributed by atoms with Crippen LogP contribution in [0.5, 0.6) is 17.2 Å². The number of hydrogen-bond donors (Lipinski definition) is 1. The molecular formula is C30H35NO4. The van der Waals surface area contributed by atoms with E-state index in [1.165, 1.54) is 11.1 Å². The number of benzene rings is 3. The summed E-state index contributed by atoms with van der Waals surface area (Å²) in [5.41, 5.74) is 5.81. The van der Waals surface area contributed by atoms with Crippen LogP contribution in [0.15, 0.2) is 72.8 Å².